The van der Waals surface area contributed by atoms with Crippen LogP contribution in [0.4, 0.5) is 0 Å². The molecule has 0 unspecified atom stereocenters. The van der Waals surface area contributed by atoms with Crippen LogP contribution in [0.3, 0.4) is 0 Å². The van der Waals surface area contributed by atoms with E-state index in [-0.39, 0.29) is 6.42 Å². The van der Waals surface area contributed by atoms with Gasteiger partial charge in [0.15, 0.2) is 0 Å². The lowest BCUT2D eigenvalue weighted by atomic mass is 9.87. The highest BCUT2D eigenvalue weighted by atomic mass is 32.1. The summed E-state index contributed by atoms with van der Waals surface area (Å²) in [6.07, 6.45) is 7.31. The molecule has 2 aromatic heterocycles. The number of hydrogen-bond acceptors (Lipinski definition) is 4. The molecule has 158 valence electrons. The van der Waals surface area contributed by atoms with Crippen LogP contribution in [0.25, 0.3) is 21.3 Å². The van der Waals surface area contributed by atoms with Gasteiger partial charge in [-0.05, 0) is 81.5 Å². The predicted molar refractivity (Wildman–Crippen MR) is 123 cm³/mol. The molecule has 2 heterocycles. The second kappa shape index (κ2) is 8.76. The monoisotopic (exact) mass is 423 g/mol. The Hall–Kier alpha value is -2.40. The number of methoxy groups -OCH3 is 1. The number of rotatable bonds is 7. The van der Waals surface area contributed by atoms with Crippen molar-refractivity contribution in [3.8, 4) is 16.9 Å². The van der Waals surface area contributed by atoms with Crippen molar-refractivity contribution < 1.29 is 14.6 Å². The standard InChI is InChI=1S/C25H29NO3S/c1-15-12-13-18(20(14-15)29-3)23-17(8-5-7-11-22(27)28)16(2)26-25-24(23)19-9-4-6-10-21(19)30-25/h12-14H,4-11H2,1-3H3,(H,27,28). The van der Waals surface area contributed by atoms with Crippen molar-refractivity contribution in [3.05, 3.63) is 45.5 Å². The van der Waals surface area contributed by atoms with Gasteiger partial charge < -0.3 is 9.84 Å². The van der Waals surface area contributed by atoms with Crippen LogP contribution in [0, 0.1) is 13.8 Å². The zero-order valence-electron chi connectivity index (χ0n) is 18.0. The Labute approximate surface area is 181 Å². The number of carboxylic acids is 1. The molecule has 30 heavy (non-hydrogen) atoms. The first kappa shape index (κ1) is 20.9. The fourth-order valence-corrected chi connectivity index (χ4v) is 5.94. The van der Waals surface area contributed by atoms with Gasteiger partial charge in [-0.1, -0.05) is 12.1 Å². The third kappa shape index (κ3) is 3.95. The Bertz CT molecular complexity index is 1100. The summed E-state index contributed by atoms with van der Waals surface area (Å²) in [6, 6.07) is 6.42. The first-order valence-corrected chi connectivity index (χ1v) is 11.6. The predicted octanol–water partition coefficient (Wildman–Crippen LogP) is 6.26. The summed E-state index contributed by atoms with van der Waals surface area (Å²) in [7, 11) is 1.74. The fourth-order valence-electron chi connectivity index (χ4n) is 4.63. The summed E-state index contributed by atoms with van der Waals surface area (Å²) < 4.78 is 5.81. The molecule has 1 aliphatic rings. The highest BCUT2D eigenvalue weighted by Crippen LogP contribution is 2.45. The lowest BCUT2D eigenvalue weighted by Crippen LogP contribution is -2.03. The number of ether oxygens (including phenoxy) is 1. The van der Waals surface area contributed by atoms with Gasteiger partial charge in [0, 0.05) is 33.5 Å². The molecule has 0 aliphatic heterocycles. The van der Waals surface area contributed by atoms with Crippen LogP contribution < -0.4 is 4.74 Å². The largest absolute Gasteiger partial charge is 0.496 e. The number of fused-ring (bicyclic) bond motifs is 3. The number of aromatic nitrogens is 1. The molecule has 0 radical (unpaired) electrons. The molecule has 0 atom stereocenters. The van der Waals surface area contributed by atoms with Crippen molar-refractivity contribution in [1.29, 1.82) is 0 Å². The smallest absolute Gasteiger partial charge is 0.303 e. The van der Waals surface area contributed by atoms with Crippen LogP contribution in [0.1, 0.15) is 59.4 Å². The molecule has 1 N–H and O–H groups in total. The number of hydrogen-bond donors (Lipinski definition) is 1. The number of unbranched alkanes of at least 4 members (excludes halogenated alkanes) is 1. The number of nitrogens with zero attached hydrogens (tertiary/aromatic N) is 1. The Balaban J connectivity index is 1.92. The molecule has 5 heteroatoms. The second-order valence-electron chi connectivity index (χ2n) is 8.25. The maximum Gasteiger partial charge on any atom is 0.303 e. The Morgan fingerprint density at radius 2 is 2.00 bits per heavy atom. The fraction of sp³-hybridized carbons (Fsp3) is 0.440. The van der Waals surface area contributed by atoms with E-state index < -0.39 is 5.97 Å². The highest BCUT2D eigenvalue weighted by molar-refractivity contribution is 7.19. The zero-order chi connectivity index (χ0) is 21.3. The minimum atomic E-state index is -0.729. The molecule has 0 spiro atoms. The molecular weight excluding hydrogens is 394 g/mol. The van der Waals surface area contributed by atoms with E-state index in [2.05, 4.69) is 32.0 Å². The summed E-state index contributed by atoms with van der Waals surface area (Å²) in [5.41, 5.74) is 7.31. The quantitative estimate of drug-likeness (QED) is 0.455. The molecule has 0 amide bonds. The van der Waals surface area contributed by atoms with Gasteiger partial charge in [-0.25, -0.2) is 4.98 Å². The van der Waals surface area contributed by atoms with Crippen molar-refractivity contribution in [2.45, 2.75) is 65.2 Å². The first-order valence-electron chi connectivity index (χ1n) is 10.8. The highest BCUT2D eigenvalue weighted by Gasteiger charge is 2.24. The summed E-state index contributed by atoms with van der Waals surface area (Å²) in [6.45, 7) is 4.17. The minimum absolute atomic E-state index is 0.214. The molecule has 0 bridgehead atoms. The Morgan fingerprint density at radius 3 is 2.77 bits per heavy atom. The number of pyridine rings is 1. The second-order valence-corrected chi connectivity index (χ2v) is 9.33. The SMILES string of the molecule is COc1cc(C)ccc1-c1c(CCCCC(=O)O)c(C)nc2sc3c(c12)CCCC3. The molecule has 1 aliphatic carbocycles. The van der Waals surface area contributed by atoms with Crippen LogP contribution in [0.15, 0.2) is 18.2 Å². The van der Waals surface area contributed by atoms with Gasteiger partial charge in [-0.2, -0.15) is 0 Å². The molecule has 0 saturated carbocycles. The van der Waals surface area contributed by atoms with Crippen molar-refractivity contribution in [1.82, 2.24) is 4.98 Å². The van der Waals surface area contributed by atoms with E-state index in [1.54, 1.807) is 7.11 Å². The third-order valence-electron chi connectivity index (χ3n) is 6.10. The van der Waals surface area contributed by atoms with E-state index in [1.807, 2.05) is 11.3 Å². The topological polar surface area (TPSA) is 59.4 Å². The molecular formula is C25H29NO3S. The van der Waals surface area contributed by atoms with E-state index in [0.29, 0.717) is 6.42 Å². The van der Waals surface area contributed by atoms with Gasteiger partial charge in [0.1, 0.15) is 10.6 Å². The minimum Gasteiger partial charge on any atom is -0.496 e. The molecule has 4 nitrogen and oxygen atoms in total. The summed E-state index contributed by atoms with van der Waals surface area (Å²) in [4.78, 5) is 18.6. The maximum atomic E-state index is 11.0. The molecule has 1 aromatic carbocycles. The molecule has 0 fully saturated rings. The number of benzene rings is 1. The van der Waals surface area contributed by atoms with E-state index in [1.165, 1.54) is 45.4 Å². The summed E-state index contributed by atoms with van der Waals surface area (Å²) in [5.74, 6) is 0.164. The summed E-state index contributed by atoms with van der Waals surface area (Å²) >= 11 is 1.85. The number of aryl methyl sites for hydroxylation is 4. The van der Waals surface area contributed by atoms with Crippen molar-refractivity contribution in [2.75, 3.05) is 7.11 Å². The number of carbonyl (C=O) groups is 1. The summed E-state index contributed by atoms with van der Waals surface area (Å²) in [5, 5.41) is 10.3. The van der Waals surface area contributed by atoms with Crippen molar-refractivity contribution in [2.24, 2.45) is 0 Å². The van der Waals surface area contributed by atoms with Crippen molar-refractivity contribution in [3.63, 3.8) is 0 Å². The van der Waals surface area contributed by atoms with Crippen LogP contribution >= 0.6 is 11.3 Å². The van der Waals surface area contributed by atoms with Gasteiger partial charge >= 0.3 is 5.97 Å². The third-order valence-corrected chi connectivity index (χ3v) is 7.29. The van der Waals surface area contributed by atoms with E-state index in [4.69, 9.17) is 14.8 Å². The maximum absolute atomic E-state index is 11.0. The molecule has 4 rings (SSSR count). The zero-order valence-corrected chi connectivity index (χ0v) is 18.8. The van der Waals surface area contributed by atoms with Crippen LogP contribution in [0.2, 0.25) is 0 Å². The lowest BCUT2D eigenvalue weighted by molar-refractivity contribution is -0.137. The number of thiophene rings is 1. The van der Waals surface area contributed by atoms with Gasteiger partial charge in [0.05, 0.1) is 7.11 Å². The lowest BCUT2D eigenvalue weighted by Gasteiger charge is -2.19. The average molecular weight is 424 g/mol. The Morgan fingerprint density at radius 1 is 1.20 bits per heavy atom. The van der Waals surface area contributed by atoms with Gasteiger partial charge in [-0.15, -0.1) is 11.3 Å². The van der Waals surface area contributed by atoms with Gasteiger partial charge in [-0.3, -0.25) is 4.79 Å². The first-order chi connectivity index (χ1) is 14.5. The van der Waals surface area contributed by atoms with Gasteiger partial charge in [0.2, 0.25) is 0 Å². The number of aliphatic carboxylic acids is 1. The van der Waals surface area contributed by atoms with Crippen molar-refractivity contribution >= 4 is 27.5 Å². The van der Waals surface area contributed by atoms with Crippen LogP contribution in [-0.2, 0) is 24.1 Å². The average Bonchev–Trinajstić information content (AvgIpc) is 3.08. The number of carboxylic acid groups (broad SMARTS) is 1. The van der Waals surface area contributed by atoms with Crippen LogP contribution in [-0.4, -0.2) is 23.2 Å². The molecule has 0 saturated heterocycles. The van der Waals surface area contributed by atoms with E-state index in [0.717, 1.165) is 47.5 Å². The van der Waals surface area contributed by atoms with E-state index in [9.17, 15) is 4.79 Å². The Kier molecular flexibility index (Phi) is 6.09. The molecule has 3 aromatic rings. The van der Waals surface area contributed by atoms with Gasteiger partial charge in [0.25, 0.3) is 0 Å². The van der Waals surface area contributed by atoms with Crippen LogP contribution in [0.5, 0.6) is 5.75 Å². The normalized spacial score (nSPS) is 13.4. The van der Waals surface area contributed by atoms with E-state index >= 15 is 0 Å².